The SMILES string of the molecule is CO.Cc1nn2c(c1-c1nc3n(Cc4ccccc4)cccc-3c1-c1cn(C)nc1OC(F)F)OCCC2. The lowest BCUT2D eigenvalue weighted by Crippen LogP contribution is -2.15. The molecule has 0 unspecified atom stereocenters. The Kier molecular flexibility index (Phi) is 7.10. The van der Waals surface area contributed by atoms with Gasteiger partial charge in [0.15, 0.2) is 0 Å². The van der Waals surface area contributed by atoms with Crippen molar-refractivity contribution in [2.75, 3.05) is 13.7 Å². The second-order valence-corrected chi connectivity index (χ2v) is 8.79. The number of aliphatic hydroxyl groups is 1. The van der Waals surface area contributed by atoms with E-state index < -0.39 is 6.61 Å². The Morgan fingerprint density at radius 3 is 2.61 bits per heavy atom. The van der Waals surface area contributed by atoms with E-state index >= 15 is 0 Å². The quantitative estimate of drug-likeness (QED) is 0.351. The predicted octanol–water partition coefficient (Wildman–Crippen LogP) is 4.60. The molecule has 11 heteroatoms. The highest BCUT2D eigenvalue weighted by Crippen LogP contribution is 2.48. The van der Waals surface area contributed by atoms with E-state index in [-0.39, 0.29) is 5.88 Å². The summed E-state index contributed by atoms with van der Waals surface area (Å²) in [5, 5.41) is 15.8. The van der Waals surface area contributed by atoms with E-state index in [4.69, 9.17) is 19.6 Å². The maximum absolute atomic E-state index is 13.3. The summed E-state index contributed by atoms with van der Waals surface area (Å²) < 4.78 is 42.8. The Balaban J connectivity index is 0.00000144. The first-order valence-corrected chi connectivity index (χ1v) is 12.2. The van der Waals surface area contributed by atoms with Crippen LogP contribution in [0.4, 0.5) is 8.78 Å². The molecule has 38 heavy (non-hydrogen) atoms. The molecule has 0 spiro atoms. The highest BCUT2D eigenvalue weighted by Gasteiger charge is 2.32. The molecular formula is C27H28F2N6O3. The third-order valence-corrected chi connectivity index (χ3v) is 6.30. The molecule has 0 saturated carbocycles. The first-order chi connectivity index (χ1) is 18.5. The number of alkyl halides is 2. The van der Waals surface area contributed by atoms with Crippen LogP contribution in [0.25, 0.3) is 33.8 Å². The zero-order chi connectivity index (χ0) is 26.8. The van der Waals surface area contributed by atoms with Gasteiger partial charge in [-0.25, -0.2) is 9.67 Å². The third-order valence-electron chi connectivity index (χ3n) is 6.30. The van der Waals surface area contributed by atoms with Crippen LogP contribution >= 0.6 is 0 Å². The van der Waals surface area contributed by atoms with Crippen LogP contribution in [0.5, 0.6) is 11.8 Å². The van der Waals surface area contributed by atoms with Crippen molar-refractivity contribution in [2.45, 2.75) is 33.0 Å². The summed E-state index contributed by atoms with van der Waals surface area (Å²) in [4.78, 5) is 5.08. The van der Waals surface area contributed by atoms with Crippen molar-refractivity contribution in [1.82, 2.24) is 29.1 Å². The number of nitrogens with zero attached hydrogens (tertiary/aromatic N) is 6. The lowest BCUT2D eigenvalue weighted by Gasteiger charge is -2.16. The first kappa shape index (κ1) is 25.4. The number of benzene rings is 1. The lowest BCUT2D eigenvalue weighted by atomic mass is 9.99. The molecule has 1 aromatic carbocycles. The molecule has 0 aliphatic carbocycles. The Morgan fingerprint density at radius 2 is 1.84 bits per heavy atom. The molecule has 0 bridgehead atoms. The number of aliphatic hydroxyl groups excluding tert-OH is 1. The van der Waals surface area contributed by atoms with Crippen molar-refractivity contribution in [3.8, 4) is 45.5 Å². The van der Waals surface area contributed by atoms with Crippen LogP contribution in [-0.4, -0.2) is 54.5 Å². The molecule has 0 saturated heterocycles. The standard InChI is InChI=1S/C26H24F2N6O2.CH4O/c1-16-20(25-34(30-16)12-7-13-35-25)22-21(19-15-32(2)31-24(19)36-26(27)28)18-10-6-11-33(23(18)29-22)14-17-8-4-3-5-9-17;1-2/h3-6,8-11,15,26H,7,12-14H2,1-2H3;2H,1H3. The van der Waals surface area contributed by atoms with E-state index in [1.807, 2.05) is 52.7 Å². The summed E-state index contributed by atoms with van der Waals surface area (Å²) in [7, 11) is 2.67. The summed E-state index contributed by atoms with van der Waals surface area (Å²) >= 11 is 0. The maximum Gasteiger partial charge on any atom is 0.388 e. The number of halogens is 2. The molecule has 0 atom stereocenters. The molecule has 6 rings (SSSR count). The van der Waals surface area contributed by atoms with Crippen LogP contribution in [0, 0.1) is 6.92 Å². The fraction of sp³-hybridized carbons (Fsp3) is 0.296. The van der Waals surface area contributed by atoms with Crippen molar-refractivity contribution >= 4 is 0 Å². The van der Waals surface area contributed by atoms with Gasteiger partial charge in [-0.15, -0.1) is 5.10 Å². The minimum atomic E-state index is -3.01. The van der Waals surface area contributed by atoms with Crippen LogP contribution in [0.15, 0.2) is 54.9 Å². The Bertz CT molecular complexity index is 1510. The highest BCUT2D eigenvalue weighted by atomic mass is 19.3. The zero-order valence-electron chi connectivity index (χ0n) is 21.3. The third kappa shape index (κ3) is 4.60. The largest absolute Gasteiger partial charge is 0.477 e. The van der Waals surface area contributed by atoms with Gasteiger partial charge in [-0.2, -0.15) is 13.9 Å². The van der Waals surface area contributed by atoms with E-state index in [1.54, 1.807) is 13.2 Å². The van der Waals surface area contributed by atoms with Crippen molar-refractivity contribution < 1.29 is 23.4 Å². The Hall–Kier alpha value is -4.25. The molecule has 1 N–H and O–H groups in total. The number of hydrogen-bond donors (Lipinski definition) is 1. The number of rotatable bonds is 6. The molecule has 0 radical (unpaired) electrons. The van der Waals surface area contributed by atoms with Gasteiger partial charge in [0.05, 0.1) is 29.1 Å². The average molecular weight is 523 g/mol. The lowest BCUT2D eigenvalue weighted by molar-refractivity contribution is -0.0527. The van der Waals surface area contributed by atoms with E-state index in [0.717, 1.165) is 42.5 Å². The number of ether oxygens (including phenoxy) is 2. The van der Waals surface area contributed by atoms with Gasteiger partial charge in [0, 0.05) is 57.2 Å². The summed E-state index contributed by atoms with van der Waals surface area (Å²) in [6.45, 7) is 0.822. The second kappa shape index (κ2) is 10.6. The smallest absolute Gasteiger partial charge is 0.388 e. The molecule has 3 aliphatic heterocycles. The van der Waals surface area contributed by atoms with Crippen molar-refractivity contribution in [2.24, 2.45) is 7.05 Å². The Morgan fingerprint density at radius 1 is 1.05 bits per heavy atom. The van der Waals surface area contributed by atoms with E-state index in [9.17, 15) is 8.78 Å². The van der Waals surface area contributed by atoms with Gasteiger partial charge in [-0.1, -0.05) is 30.3 Å². The molecule has 9 nitrogen and oxygen atoms in total. The van der Waals surface area contributed by atoms with Gasteiger partial charge in [0.1, 0.15) is 5.82 Å². The summed E-state index contributed by atoms with van der Waals surface area (Å²) in [5.41, 5.74) is 5.11. The van der Waals surface area contributed by atoms with Crippen molar-refractivity contribution in [3.63, 3.8) is 0 Å². The van der Waals surface area contributed by atoms with Crippen LogP contribution in [0.1, 0.15) is 17.7 Å². The number of aryl methyl sites for hydroxylation is 3. The fourth-order valence-corrected chi connectivity index (χ4v) is 4.84. The topological polar surface area (TPSA) is 92.2 Å². The van der Waals surface area contributed by atoms with Crippen LogP contribution < -0.4 is 9.47 Å². The maximum atomic E-state index is 13.3. The monoisotopic (exact) mass is 522 g/mol. The normalized spacial score (nSPS) is 12.7. The molecule has 0 amide bonds. The number of fused-ring (bicyclic) bond motifs is 2. The number of hydrogen-bond acceptors (Lipinski definition) is 6. The average Bonchev–Trinajstić information content (AvgIpc) is 3.57. The minimum Gasteiger partial charge on any atom is -0.477 e. The highest BCUT2D eigenvalue weighted by molar-refractivity contribution is 5.97. The minimum absolute atomic E-state index is 0.152. The van der Waals surface area contributed by atoms with Crippen molar-refractivity contribution in [1.29, 1.82) is 0 Å². The van der Waals surface area contributed by atoms with E-state index in [0.29, 0.717) is 41.7 Å². The van der Waals surface area contributed by atoms with Crippen LogP contribution in [0.3, 0.4) is 0 Å². The van der Waals surface area contributed by atoms with Gasteiger partial charge < -0.3 is 19.1 Å². The predicted molar refractivity (Wildman–Crippen MR) is 137 cm³/mol. The molecule has 198 valence electrons. The number of aromatic nitrogens is 6. The van der Waals surface area contributed by atoms with Crippen LogP contribution in [0.2, 0.25) is 0 Å². The number of pyridine rings is 1. The molecule has 5 heterocycles. The molecule has 0 fully saturated rings. The molecule has 3 aliphatic rings. The summed E-state index contributed by atoms with van der Waals surface area (Å²) in [5.74, 6) is 1.20. The van der Waals surface area contributed by atoms with Crippen LogP contribution in [-0.2, 0) is 20.1 Å². The Labute approximate surface area is 218 Å². The summed E-state index contributed by atoms with van der Waals surface area (Å²) in [6, 6.07) is 13.9. The van der Waals surface area contributed by atoms with Gasteiger partial charge in [-0.05, 0) is 24.6 Å². The van der Waals surface area contributed by atoms with Gasteiger partial charge in [-0.3, -0.25) is 4.68 Å². The molecule has 3 aromatic rings. The summed E-state index contributed by atoms with van der Waals surface area (Å²) in [6.07, 6.45) is 4.51. The first-order valence-electron chi connectivity index (χ1n) is 12.2. The zero-order valence-corrected chi connectivity index (χ0v) is 21.3. The fourth-order valence-electron chi connectivity index (χ4n) is 4.84. The molecular weight excluding hydrogens is 494 g/mol. The van der Waals surface area contributed by atoms with Gasteiger partial charge in [0.2, 0.25) is 11.8 Å². The second-order valence-electron chi connectivity index (χ2n) is 8.79. The molecule has 2 aromatic heterocycles. The van der Waals surface area contributed by atoms with E-state index in [1.165, 1.54) is 4.68 Å². The van der Waals surface area contributed by atoms with E-state index in [2.05, 4.69) is 22.3 Å². The van der Waals surface area contributed by atoms with Gasteiger partial charge in [0.25, 0.3) is 0 Å². The van der Waals surface area contributed by atoms with Gasteiger partial charge >= 0.3 is 6.61 Å². The van der Waals surface area contributed by atoms with Crippen molar-refractivity contribution in [3.05, 3.63) is 66.1 Å².